The average molecular weight is 733 g/mol. The van der Waals surface area contributed by atoms with Gasteiger partial charge in [0.1, 0.15) is 18.6 Å². The van der Waals surface area contributed by atoms with Crippen LogP contribution < -0.4 is 5.32 Å². The summed E-state index contributed by atoms with van der Waals surface area (Å²) in [6.07, 6.45) is -0.683. The third-order valence-electron chi connectivity index (χ3n) is 8.32. The molecule has 2 heterocycles. The van der Waals surface area contributed by atoms with Gasteiger partial charge < -0.3 is 19.2 Å². The Labute approximate surface area is 294 Å². The Hall–Kier alpha value is -3.93. The number of thioether (sulfide) groups is 2. The zero-order chi connectivity index (χ0) is 36.3. The third kappa shape index (κ3) is 8.63. The number of rotatable bonds is 14. The predicted molar refractivity (Wildman–Crippen MR) is 188 cm³/mol. The molecular formula is C32H40N4O10S2Si. The van der Waals surface area contributed by atoms with Gasteiger partial charge in [-0.15, -0.1) is 11.8 Å². The van der Waals surface area contributed by atoms with Crippen molar-refractivity contribution in [2.24, 2.45) is 11.3 Å². The van der Waals surface area contributed by atoms with Gasteiger partial charge in [0.25, 0.3) is 11.4 Å². The van der Waals surface area contributed by atoms with Crippen molar-refractivity contribution < 1.29 is 38.1 Å². The van der Waals surface area contributed by atoms with E-state index in [1.165, 1.54) is 77.0 Å². The number of ether oxygens (including phenoxy) is 2. The molecule has 3 unspecified atom stereocenters. The molecule has 1 saturated heterocycles. The zero-order valence-corrected chi connectivity index (χ0v) is 31.1. The van der Waals surface area contributed by atoms with Crippen LogP contribution in [0.1, 0.15) is 45.7 Å². The summed E-state index contributed by atoms with van der Waals surface area (Å²) in [5.41, 5.74) is -0.0926. The molecule has 2 aromatic rings. The summed E-state index contributed by atoms with van der Waals surface area (Å²) < 4.78 is 18.0. The van der Waals surface area contributed by atoms with Crippen molar-refractivity contribution >= 4 is 61.9 Å². The minimum Gasteiger partial charge on any atom is -0.456 e. The zero-order valence-electron chi connectivity index (χ0n) is 28.3. The van der Waals surface area contributed by atoms with Gasteiger partial charge in [-0.05, 0) is 67.7 Å². The Kier molecular flexibility index (Phi) is 11.8. The number of carbonyl (C=O) groups excluding carboxylic acids is 3. The van der Waals surface area contributed by atoms with Crippen molar-refractivity contribution in [3.8, 4) is 0 Å². The van der Waals surface area contributed by atoms with Crippen molar-refractivity contribution in [1.29, 1.82) is 0 Å². The lowest BCUT2D eigenvalue weighted by Crippen LogP contribution is -2.69. The van der Waals surface area contributed by atoms with Crippen molar-refractivity contribution in [1.82, 2.24) is 10.2 Å². The minimum absolute atomic E-state index is 0.0670. The van der Waals surface area contributed by atoms with E-state index in [1.807, 2.05) is 27.7 Å². The van der Waals surface area contributed by atoms with E-state index < -0.39 is 59.3 Å². The molecule has 264 valence electrons. The summed E-state index contributed by atoms with van der Waals surface area (Å²) in [7, 11) is -1.59. The highest BCUT2D eigenvalue weighted by atomic mass is 32.2. The maximum atomic E-state index is 13.9. The van der Waals surface area contributed by atoms with Crippen LogP contribution in [0.3, 0.4) is 0 Å². The number of β-lactam (4-membered cyclic amide) rings is 1. The maximum absolute atomic E-state index is 13.9. The molecule has 2 aliphatic rings. The topological polar surface area (TPSA) is 180 Å². The van der Waals surface area contributed by atoms with Crippen LogP contribution in [-0.2, 0) is 36.7 Å². The number of fused-ring (bicyclic) bond motifs is 1. The molecular weight excluding hydrogens is 693 g/mol. The molecule has 0 aromatic heterocycles. The summed E-state index contributed by atoms with van der Waals surface area (Å²) in [6, 6.07) is 10.9. The van der Waals surface area contributed by atoms with Gasteiger partial charge in [0, 0.05) is 36.1 Å². The third-order valence-corrected chi connectivity index (χ3v) is 12.2. The first-order chi connectivity index (χ1) is 22.9. The Bertz CT molecular complexity index is 1630. The van der Waals surface area contributed by atoms with Gasteiger partial charge >= 0.3 is 12.1 Å². The SMILES string of the molecule is CC(CSC1=C(C(=O)OCc2ccc([N+](=O)[O-])cc2)N2C(=O)C(C(C)(O[SiH](C)C)C(C)(C)C)[C@H]2S1)NC(=O)OCc1ccc([N+](=O)[O-])cc1. The monoisotopic (exact) mass is 732 g/mol. The van der Waals surface area contributed by atoms with Crippen LogP contribution in [-0.4, -0.2) is 64.5 Å². The van der Waals surface area contributed by atoms with Gasteiger partial charge in [-0.3, -0.25) is 29.9 Å². The van der Waals surface area contributed by atoms with Crippen molar-refractivity contribution in [2.45, 2.75) is 77.9 Å². The first-order valence-electron chi connectivity index (χ1n) is 15.5. The van der Waals surface area contributed by atoms with E-state index in [9.17, 15) is 34.6 Å². The summed E-state index contributed by atoms with van der Waals surface area (Å²) in [6.45, 7) is 13.7. The lowest BCUT2D eigenvalue weighted by Gasteiger charge is -2.56. The summed E-state index contributed by atoms with van der Waals surface area (Å²) in [5, 5.41) is 24.2. The van der Waals surface area contributed by atoms with Crippen LogP contribution in [0.25, 0.3) is 0 Å². The average Bonchev–Trinajstić information content (AvgIpc) is 3.35. The van der Waals surface area contributed by atoms with E-state index >= 15 is 0 Å². The second-order valence-corrected chi connectivity index (χ2v) is 18.0. The van der Waals surface area contributed by atoms with Crippen molar-refractivity contribution in [3.63, 3.8) is 0 Å². The van der Waals surface area contributed by atoms with Gasteiger partial charge in [-0.1, -0.05) is 32.5 Å². The van der Waals surface area contributed by atoms with E-state index in [0.717, 1.165) is 0 Å². The van der Waals surface area contributed by atoms with Crippen molar-refractivity contribution in [3.05, 3.63) is 89.8 Å². The molecule has 4 rings (SSSR count). The van der Waals surface area contributed by atoms with E-state index in [2.05, 4.69) is 18.4 Å². The molecule has 0 radical (unpaired) electrons. The molecule has 0 bridgehead atoms. The quantitative estimate of drug-likeness (QED) is 0.0776. The first kappa shape index (κ1) is 37.9. The van der Waals surface area contributed by atoms with Gasteiger partial charge in [0.05, 0.1) is 25.6 Å². The van der Waals surface area contributed by atoms with E-state index in [4.69, 9.17) is 13.9 Å². The molecule has 0 spiro atoms. The lowest BCUT2D eigenvalue weighted by molar-refractivity contribution is -0.385. The highest BCUT2D eigenvalue weighted by molar-refractivity contribution is 8.22. The predicted octanol–water partition coefficient (Wildman–Crippen LogP) is 6.10. The first-order valence-corrected chi connectivity index (χ1v) is 20.2. The Morgan fingerprint density at radius 3 is 1.94 bits per heavy atom. The molecule has 1 fully saturated rings. The number of nitro benzene ring substituents is 2. The van der Waals surface area contributed by atoms with E-state index in [0.29, 0.717) is 21.1 Å². The standard InChI is InChI=1S/C32H40N4O10S2Si/c1-19(33-30(39)45-17-21-10-14-23(15-11-21)36(42)43)18-47-29-25(28(38)44-16-20-8-12-22(13-9-20)35(40)41)34-26(37)24(27(34)48-29)32(5,31(2,3)4)46-49(6)7/h8-15,19,24,27,49H,16-18H2,1-7H3,(H,33,39)/t19?,24?,27-,32?/m1/s1. The molecule has 49 heavy (non-hydrogen) atoms. The second kappa shape index (κ2) is 15.3. The highest BCUT2D eigenvalue weighted by Crippen LogP contribution is 2.59. The van der Waals surface area contributed by atoms with Gasteiger partial charge in [-0.2, -0.15) is 0 Å². The molecule has 2 amide bonds. The van der Waals surface area contributed by atoms with Crippen LogP contribution >= 0.6 is 23.5 Å². The maximum Gasteiger partial charge on any atom is 0.407 e. The van der Waals surface area contributed by atoms with Crippen LogP contribution in [0.15, 0.2) is 58.5 Å². The second-order valence-electron chi connectivity index (χ2n) is 13.2. The van der Waals surface area contributed by atoms with Crippen LogP contribution in [0, 0.1) is 31.6 Å². The molecule has 2 aliphatic heterocycles. The number of amides is 2. The number of non-ortho nitro benzene ring substituents is 2. The number of nitro groups is 2. The number of nitrogens with zero attached hydrogens (tertiary/aromatic N) is 3. The molecule has 4 atom stereocenters. The van der Waals surface area contributed by atoms with Crippen LogP contribution in [0.5, 0.6) is 0 Å². The van der Waals surface area contributed by atoms with Crippen LogP contribution in [0.4, 0.5) is 16.2 Å². The molecule has 17 heteroatoms. The normalized spacial score (nSPS) is 19.1. The summed E-state index contributed by atoms with van der Waals surface area (Å²) in [4.78, 5) is 62.3. The van der Waals surface area contributed by atoms with Gasteiger partial charge in [0.15, 0.2) is 14.7 Å². The molecule has 14 nitrogen and oxygen atoms in total. The minimum atomic E-state index is -1.59. The molecule has 2 aromatic carbocycles. The largest absolute Gasteiger partial charge is 0.456 e. The van der Waals surface area contributed by atoms with E-state index in [-0.39, 0.29) is 36.2 Å². The fraction of sp³-hybridized carbons (Fsp3) is 0.469. The van der Waals surface area contributed by atoms with Gasteiger partial charge in [-0.25, -0.2) is 9.59 Å². The fourth-order valence-electron chi connectivity index (χ4n) is 5.36. The lowest BCUT2D eigenvalue weighted by atomic mass is 9.66. The van der Waals surface area contributed by atoms with E-state index in [1.54, 1.807) is 6.92 Å². The number of hydrogen-bond acceptors (Lipinski definition) is 12. The van der Waals surface area contributed by atoms with Gasteiger partial charge in [0.2, 0.25) is 5.91 Å². The smallest absolute Gasteiger partial charge is 0.407 e. The van der Waals surface area contributed by atoms with Crippen molar-refractivity contribution in [2.75, 3.05) is 5.75 Å². The number of hydrogen-bond donors (Lipinski definition) is 1. The molecule has 0 aliphatic carbocycles. The Morgan fingerprint density at radius 2 is 1.47 bits per heavy atom. The number of esters is 1. The fourth-order valence-corrected chi connectivity index (χ4v) is 9.76. The van der Waals surface area contributed by atoms with Crippen LogP contribution in [0.2, 0.25) is 13.1 Å². The summed E-state index contributed by atoms with van der Waals surface area (Å²) in [5.74, 6) is -1.13. The number of benzene rings is 2. The molecule has 0 saturated carbocycles. The number of alkyl carbamates (subject to hydrolysis) is 1. The number of carbonyl (C=O) groups is 3. The summed E-state index contributed by atoms with van der Waals surface area (Å²) >= 11 is 2.70. The highest BCUT2D eigenvalue weighted by Gasteiger charge is 2.65. The number of nitrogens with one attached hydrogen (secondary N) is 1. The molecule has 1 N–H and O–H groups in total. The Balaban J connectivity index is 1.47. The Morgan fingerprint density at radius 1 is 0.959 bits per heavy atom.